The van der Waals surface area contributed by atoms with Crippen molar-refractivity contribution in [1.82, 2.24) is 0 Å². The number of aliphatic hydroxyl groups is 2. The molecule has 0 aromatic carbocycles. The summed E-state index contributed by atoms with van der Waals surface area (Å²) in [4.78, 5) is 22.7. The van der Waals surface area contributed by atoms with Crippen molar-refractivity contribution in [2.45, 2.75) is 38.4 Å². The SMILES string of the molecule is CC1C(=O)OC2C=C(CO)CCC=C(C=O)CC(O)C21. The Labute approximate surface area is 117 Å². The molecule has 0 bridgehead atoms. The van der Waals surface area contributed by atoms with Gasteiger partial charge in [0.15, 0.2) is 0 Å². The van der Waals surface area contributed by atoms with Crippen LogP contribution in [0.25, 0.3) is 0 Å². The molecule has 2 aliphatic rings. The van der Waals surface area contributed by atoms with Crippen molar-refractivity contribution < 1.29 is 24.5 Å². The summed E-state index contributed by atoms with van der Waals surface area (Å²) < 4.78 is 5.29. The van der Waals surface area contributed by atoms with Crippen LogP contribution in [0.3, 0.4) is 0 Å². The number of esters is 1. The second-order valence-corrected chi connectivity index (χ2v) is 5.46. The molecule has 0 amide bonds. The Kier molecular flexibility index (Phi) is 4.73. The van der Waals surface area contributed by atoms with Gasteiger partial charge >= 0.3 is 5.97 Å². The maximum absolute atomic E-state index is 11.7. The van der Waals surface area contributed by atoms with Crippen LogP contribution >= 0.6 is 0 Å². The quantitative estimate of drug-likeness (QED) is 0.443. The fourth-order valence-corrected chi connectivity index (χ4v) is 2.91. The lowest BCUT2D eigenvalue weighted by atomic mass is 9.82. The normalized spacial score (nSPS) is 34.6. The van der Waals surface area contributed by atoms with Crippen LogP contribution in [0.2, 0.25) is 0 Å². The zero-order valence-electron chi connectivity index (χ0n) is 11.5. The van der Waals surface area contributed by atoms with Gasteiger partial charge in [0, 0.05) is 12.3 Å². The Morgan fingerprint density at radius 2 is 2.25 bits per heavy atom. The summed E-state index contributed by atoms with van der Waals surface area (Å²) >= 11 is 0. The van der Waals surface area contributed by atoms with Gasteiger partial charge in [-0.05, 0) is 30.1 Å². The summed E-state index contributed by atoms with van der Waals surface area (Å²) in [5.74, 6) is -1.15. The van der Waals surface area contributed by atoms with Crippen molar-refractivity contribution in [3.8, 4) is 0 Å². The van der Waals surface area contributed by atoms with Crippen LogP contribution in [0.5, 0.6) is 0 Å². The average Bonchev–Trinajstić information content (AvgIpc) is 2.71. The number of carbonyl (C=O) groups is 2. The minimum atomic E-state index is -0.813. The maximum atomic E-state index is 11.7. The first-order valence-electron chi connectivity index (χ1n) is 6.90. The molecule has 0 aromatic heterocycles. The van der Waals surface area contributed by atoms with Gasteiger partial charge in [0.25, 0.3) is 0 Å². The highest BCUT2D eigenvalue weighted by Crippen LogP contribution is 2.35. The van der Waals surface area contributed by atoms with E-state index < -0.39 is 18.1 Å². The van der Waals surface area contributed by atoms with Crippen molar-refractivity contribution in [1.29, 1.82) is 0 Å². The Morgan fingerprint density at radius 3 is 2.90 bits per heavy atom. The number of aliphatic hydroxyl groups excluding tert-OH is 2. The molecule has 5 nitrogen and oxygen atoms in total. The Hall–Kier alpha value is -1.46. The molecule has 4 atom stereocenters. The summed E-state index contributed by atoms with van der Waals surface area (Å²) in [6.07, 6.45) is 4.39. The second-order valence-electron chi connectivity index (χ2n) is 5.46. The third-order valence-electron chi connectivity index (χ3n) is 4.10. The van der Waals surface area contributed by atoms with Gasteiger partial charge in [-0.25, -0.2) is 0 Å². The molecule has 4 unspecified atom stereocenters. The summed E-state index contributed by atoms with van der Waals surface area (Å²) in [6.45, 7) is 1.61. The van der Waals surface area contributed by atoms with E-state index >= 15 is 0 Å². The molecule has 0 spiro atoms. The number of aldehydes is 1. The third kappa shape index (κ3) is 2.99. The Morgan fingerprint density at radius 1 is 1.50 bits per heavy atom. The van der Waals surface area contributed by atoms with E-state index in [1.54, 1.807) is 19.1 Å². The summed E-state index contributed by atoms with van der Waals surface area (Å²) in [5.41, 5.74) is 1.29. The largest absolute Gasteiger partial charge is 0.457 e. The first-order chi connectivity index (χ1) is 9.56. The number of hydrogen-bond donors (Lipinski definition) is 2. The third-order valence-corrected chi connectivity index (χ3v) is 4.10. The molecule has 1 fully saturated rings. The lowest BCUT2D eigenvalue weighted by Crippen LogP contribution is -2.32. The molecule has 110 valence electrons. The number of hydrogen-bond acceptors (Lipinski definition) is 5. The Balaban J connectivity index is 2.34. The van der Waals surface area contributed by atoms with Gasteiger partial charge in [-0.15, -0.1) is 0 Å². The highest BCUT2D eigenvalue weighted by molar-refractivity contribution is 5.76. The number of ether oxygens (including phenoxy) is 1. The van der Waals surface area contributed by atoms with E-state index in [1.807, 2.05) is 0 Å². The molecular weight excluding hydrogens is 260 g/mol. The van der Waals surface area contributed by atoms with Crippen LogP contribution < -0.4 is 0 Å². The van der Waals surface area contributed by atoms with Gasteiger partial charge in [-0.2, -0.15) is 0 Å². The van der Waals surface area contributed by atoms with Gasteiger partial charge in [0.2, 0.25) is 0 Å². The predicted molar refractivity (Wildman–Crippen MR) is 71.7 cm³/mol. The molecule has 0 saturated carbocycles. The zero-order valence-corrected chi connectivity index (χ0v) is 11.5. The van der Waals surface area contributed by atoms with Crippen molar-refractivity contribution in [3.63, 3.8) is 0 Å². The molecular formula is C15H20O5. The summed E-state index contributed by atoms with van der Waals surface area (Å²) in [7, 11) is 0. The second kappa shape index (κ2) is 6.33. The number of rotatable bonds is 2. The summed E-state index contributed by atoms with van der Waals surface area (Å²) in [6, 6.07) is 0. The van der Waals surface area contributed by atoms with Gasteiger partial charge < -0.3 is 14.9 Å². The van der Waals surface area contributed by atoms with E-state index in [-0.39, 0.29) is 24.9 Å². The highest BCUT2D eigenvalue weighted by Gasteiger charge is 2.44. The molecule has 0 aromatic rings. The molecule has 0 radical (unpaired) electrons. The molecule has 1 saturated heterocycles. The number of fused-ring (bicyclic) bond motifs is 1. The van der Waals surface area contributed by atoms with E-state index in [2.05, 4.69) is 0 Å². The zero-order chi connectivity index (χ0) is 14.7. The first kappa shape index (κ1) is 14.9. The molecule has 20 heavy (non-hydrogen) atoms. The molecule has 5 heteroatoms. The van der Waals surface area contributed by atoms with Crippen LogP contribution in [-0.2, 0) is 14.3 Å². The number of carbonyl (C=O) groups excluding carboxylic acids is 2. The monoisotopic (exact) mass is 280 g/mol. The minimum absolute atomic E-state index is 0.116. The van der Waals surface area contributed by atoms with Crippen molar-refractivity contribution in [2.24, 2.45) is 11.8 Å². The molecule has 2 N–H and O–H groups in total. The van der Waals surface area contributed by atoms with Crippen LogP contribution in [0.15, 0.2) is 23.3 Å². The van der Waals surface area contributed by atoms with Gasteiger partial charge in [-0.1, -0.05) is 13.0 Å². The highest BCUT2D eigenvalue weighted by atomic mass is 16.6. The molecule has 1 aliphatic heterocycles. The van der Waals surface area contributed by atoms with E-state index in [9.17, 15) is 19.8 Å². The van der Waals surface area contributed by atoms with Crippen LogP contribution in [-0.4, -0.2) is 41.3 Å². The predicted octanol–water partition coefficient (Wildman–Crippen LogP) is 0.753. The Bertz CT molecular complexity index is 451. The first-order valence-corrected chi connectivity index (χ1v) is 6.90. The van der Waals surface area contributed by atoms with Crippen molar-refractivity contribution in [3.05, 3.63) is 23.3 Å². The standard InChI is InChI=1S/C15H20O5/c1-9-14-12(18)5-10(7-16)3-2-4-11(8-17)6-13(14)20-15(9)19/h3,6-7,9,12-14,17-18H,2,4-5,8H2,1H3. The van der Waals surface area contributed by atoms with Crippen molar-refractivity contribution >= 4 is 12.3 Å². The van der Waals surface area contributed by atoms with Gasteiger partial charge in [-0.3, -0.25) is 9.59 Å². The van der Waals surface area contributed by atoms with E-state index in [0.29, 0.717) is 18.4 Å². The van der Waals surface area contributed by atoms with E-state index in [0.717, 1.165) is 11.9 Å². The lowest BCUT2D eigenvalue weighted by Gasteiger charge is -2.24. The topological polar surface area (TPSA) is 83.8 Å². The van der Waals surface area contributed by atoms with Crippen molar-refractivity contribution in [2.75, 3.05) is 6.61 Å². The van der Waals surface area contributed by atoms with E-state index in [1.165, 1.54) is 0 Å². The molecule has 1 aliphatic carbocycles. The fraction of sp³-hybridized carbons (Fsp3) is 0.600. The van der Waals surface area contributed by atoms with Gasteiger partial charge in [0.05, 0.1) is 18.6 Å². The van der Waals surface area contributed by atoms with Gasteiger partial charge in [0.1, 0.15) is 12.4 Å². The van der Waals surface area contributed by atoms with Crippen LogP contribution in [0.4, 0.5) is 0 Å². The molecule has 1 heterocycles. The molecule has 2 rings (SSSR count). The smallest absolute Gasteiger partial charge is 0.309 e. The lowest BCUT2D eigenvalue weighted by molar-refractivity contribution is -0.142. The van der Waals surface area contributed by atoms with E-state index in [4.69, 9.17) is 4.74 Å². The number of allylic oxidation sites excluding steroid dienone is 1. The average molecular weight is 280 g/mol. The van der Waals surface area contributed by atoms with Crippen LogP contribution in [0, 0.1) is 11.8 Å². The fourth-order valence-electron chi connectivity index (χ4n) is 2.91. The minimum Gasteiger partial charge on any atom is -0.457 e. The summed E-state index contributed by atoms with van der Waals surface area (Å²) in [5, 5.41) is 19.7. The van der Waals surface area contributed by atoms with Crippen LogP contribution in [0.1, 0.15) is 26.2 Å². The maximum Gasteiger partial charge on any atom is 0.309 e.